The van der Waals surface area contributed by atoms with Gasteiger partial charge in [-0.3, -0.25) is 14.2 Å². The lowest BCUT2D eigenvalue weighted by Gasteiger charge is -2.08. The number of amides is 1. The van der Waals surface area contributed by atoms with Crippen molar-refractivity contribution in [3.63, 3.8) is 0 Å². The van der Waals surface area contributed by atoms with Crippen LogP contribution in [0.1, 0.15) is 5.56 Å². The molecule has 124 valence electrons. The molecule has 3 rings (SSSR count). The van der Waals surface area contributed by atoms with Crippen LogP contribution in [0.25, 0.3) is 10.9 Å². The maximum absolute atomic E-state index is 13.2. The molecule has 0 atom stereocenters. The van der Waals surface area contributed by atoms with E-state index in [1.54, 1.807) is 0 Å². The van der Waals surface area contributed by atoms with Gasteiger partial charge in [-0.1, -0.05) is 11.6 Å². The van der Waals surface area contributed by atoms with Crippen LogP contribution in [0.5, 0.6) is 0 Å². The molecule has 0 aliphatic rings. The van der Waals surface area contributed by atoms with E-state index >= 15 is 0 Å². The third-order valence-corrected chi connectivity index (χ3v) is 3.79. The highest BCUT2D eigenvalue weighted by Crippen LogP contribution is 2.20. The zero-order valence-corrected chi connectivity index (χ0v) is 13.4. The van der Waals surface area contributed by atoms with Crippen molar-refractivity contribution in [1.82, 2.24) is 9.55 Å². The Balaban J connectivity index is 1.81. The van der Waals surface area contributed by atoms with Crippen molar-refractivity contribution in [1.29, 1.82) is 5.26 Å². The molecule has 1 N–H and O–H groups in total. The number of anilines is 1. The smallest absolute Gasteiger partial charge is 0.261 e. The maximum atomic E-state index is 13.2. The molecule has 0 saturated carbocycles. The van der Waals surface area contributed by atoms with Crippen molar-refractivity contribution in [3.05, 3.63) is 69.5 Å². The largest absolute Gasteiger partial charge is 0.324 e. The fourth-order valence-corrected chi connectivity index (χ4v) is 2.51. The van der Waals surface area contributed by atoms with Gasteiger partial charge in [0.15, 0.2) is 0 Å². The first kappa shape index (κ1) is 16.6. The van der Waals surface area contributed by atoms with Gasteiger partial charge in [-0.25, -0.2) is 9.37 Å². The van der Waals surface area contributed by atoms with E-state index in [0.29, 0.717) is 11.3 Å². The van der Waals surface area contributed by atoms with Crippen LogP contribution in [0.3, 0.4) is 0 Å². The van der Waals surface area contributed by atoms with Crippen LogP contribution >= 0.6 is 11.6 Å². The Bertz CT molecular complexity index is 1090. The van der Waals surface area contributed by atoms with E-state index in [4.69, 9.17) is 16.9 Å². The van der Waals surface area contributed by atoms with Crippen molar-refractivity contribution in [2.24, 2.45) is 0 Å². The van der Waals surface area contributed by atoms with Gasteiger partial charge in [0.1, 0.15) is 18.4 Å². The van der Waals surface area contributed by atoms with Crippen LogP contribution in [0.2, 0.25) is 5.02 Å². The molecule has 8 heteroatoms. The fourth-order valence-electron chi connectivity index (χ4n) is 2.28. The number of carbonyl (C=O) groups is 1. The summed E-state index contributed by atoms with van der Waals surface area (Å²) in [5.41, 5.74) is 0.471. The monoisotopic (exact) mass is 356 g/mol. The Morgan fingerprint density at radius 3 is 2.84 bits per heavy atom. The number of hydrogen-bond donors (Lipinski definition) is 1. The molecule has 1 aromatic heterocycles. The Hall–Kier alpha value is -3.24. The molecule has 2 aromatic carbocycles. The summed E-state index contributed by atoms with van der Waals surface area (Å²) in [5.74, 6) is -0.960. The first-order valence-electron chi connectivity index (χ1n) is 7.12. The molecule has 0 radical (unpaired) electrons. The van der Waals surface area contributed by atoms with Gasteiger partial charge in [-0.15, -0.1) is 0 Å². The van der Waals surface area contributed by atoms with E-state index in [1.807, 2.05) is 6.07 Å². The van der Waals surface area contributed by atoms with Gasteiger partial charge in [0.2, 0.25) is 5.91 Å². The van der Waals surface area contributed by atoms with Gasteiger partial charge in [0, 0.05) is 11.8 Å². The summed E-state index contributed by atoms with van der Waals surface area (Å²) >= 11 is 5.91. The molecule has 0 aliphatic carbocycles. The molecule has 1 heterocycles. The van der Waals surface area contributed by atoms with E-state index in [-0.39, 0.29) is 22.5 Å². The molecule has 6 nitrogen and oxygen atoms in total. The van der Waals surface area contributed by atoms with Crippen LogP contribution in [0, 0.1) is 17.1 Å². The lowest BCUT2D eigenvalue weighted by Crippen LogP contribution is -2.27. The summed E-state index contributed by atoms with van der Waals surface area (Å²) in [6, 6.07) is 10.0. The van der Waals surface area contributed by atoms with Crippen LogP contribution in [-0.2, 0) is 11.3 Å². The molecular weight excluding hydrogens is 347 g/mol. The van der Waals surface area contributed by atoms with Crippen molar-refractivity contribution >= 4 is 34.1 Å². The zero-order chi connectivity index (χ0) is 18.0. The van der Waals surface area contributed by atoms with Gasteiger partial charge in [-0.05, 0) is 30.3 Å². The van der Waals surface area contributed by atoms with Crippen molar-refractivity contribution < 1.29 is 9.18 Å². The van der Waals surface area contributed by atoms with Gasteiger partial charge >= 0.3 is 0 Å². The molecule has 0 saturated heterocycles. The minimum Gasteiger partial charge on any atom is -0.324 e. The van der Waals surface area contributed by atoms with Crippen LogP contribution < -0.4 is 10.9 Å². The van der Waals surface area contributed by atoms with E-state index in [9.17, 15) is 14.0 Å². The molecule has 0 fully saturated rings. The van der Waals surface area contributed by atoms with Gasteiger partial charge in [-0.2, -0.15) is 5.26 Å². The Labute approximate surface area is 146 Å². The molecule has 0 aliphatic heterocycles. The summed E-state index contributed by atoms with van der Waals surface area (Å²) in [7, 11) is 0. The highest BCUT2D eigenvalue weighted by molar-refractivity contribution is 6.32. The van der Waals surface area contributed by atoms with Crippen molar-refractivity contribution in [2.75, 3.05) is 5.32 Å². The maximum Gasteiger partial charge on any atom is 0.261 e. The lowest BCUT2D eigenvalue weighted by atomic mass is 10.2. The molecular formula is C17H10ClFN4O2. The van der Waals surface area contributed by atoms with Crippen LogP contribution in [0.4, 0.5) is 10.1 Å². The molecule has 0 unspecified atom stereocenters. The quantitative estimate of drug-likeness (QED) is 0.781. The number of carbonyl (C=O) groups excluding carboxylic acids is 1. The average Bonchev–Trinajstić information content (AvgIpc) is 2.57. The lowest BCUT2D eigenvalue weighted by molar-refractivity contribution is -0.116. The predicted octanol–water partition coefficient (Wildman–Crippen LogP) is 2.70. The minimum absolute atomic E-state index is 0.215. The summed E-state index contributed by atoms with van der Waals surface area (Å²) < 4.78 is 14.3. The highest BCUT2D eigenvalue weighted by atomic mass is 35.5. The summed E-state index contributed by atoms with van der Waals surface area (Å²) in [4.78, 5) is 28.4. The van der Waals surface area contributed by atoms with Crippen molar-refractivity contribution in [3.8, 4) is 6.07 Å². The zero-order valence-electron chi connectivity index (χ0n) is 12.7. The second-order valence-electron chi connectivity index (χ2n) is 5.19. The normalized spacial score (nSPS) is 10.4. The topological polar surface area (TPSA) is 87.8 Å². The van der Waals surface area contributed by atoms with E-state index in [1.165, 1.54) is 30.6 Å². The number of fused-ring (bicyclic) bond motifs is 1. The standard InChI is InChI=1S/C17H10ClFN4O2/c18-14-6-12(3-1-10(14)7-20)22-16(24)8-23-9-21-15-5-11(19)2-4-13(15)17(23)25/h1-6,9H,8H2,(H,22,24). The second-order valence-corrected chi connectivity index (χ2v) is 5.60. The first-order chi connectivity index (χ1) is 12.0. The Morgan fingerprint density at radius 1 is 1.32 bits per heavy atom. The van der Waals surface area contributed by atoms with E-state index in [2.05, 4.69) is 10.3 Å². The van der Waals surface area contributed by atoms with Crippen LogP contribution in [-0.4, -0.2) is 15.5 Å². The molecule has 25 heavy (non-hydrogen) atoms. The number of nitrogens with zero attached hydrogens (tertiary/aromatic N) is 3. The summed E-state index contributed by atoms with van der Waals surface area (Å²) in [5, 5.41) is 11.9. The SMILES string of the molecule is N#Cc1ccc(NC(=O)Cn2cnc3cc(F)ccc3c2=O)cc1Cl. The molecule has 1 amide bonds. The predicted molar refractivity (Wildman–Crippen MR) is 90.8 cm³/mol. The third kappa shape index (κ3) is 3.49. The number of rotatable bonds is 3. The second kappa shape index (κ2) is 6.71. The summed E-state index contributed by atoms with van der Waals surface area (Å²) in [6.07, 6.45) is 1.19. The van der Waals surface area contributed by atoms with Gasteiger partial charge < -0.3 is 5.32 Å². The Morgan fingerprint density at radius 2 is 2.12 bits per heavy atom. The van der Waals surface area contributed by atoms with E-state index in [0.717, 1.165) is 16.7 Å². The number of halogens is 2. The van der Waals surface area contributed by atoms with Crippen LogP contribution in [0.15, 0.2) is 47.5 Å². The molecule has 0 spiro atoms. The molecule has 3 aromatic rings. The van der Waals surface area contributed by atoms with Crippen molar-refractivity contribution in [2.45, 2.75) is 6.54 Å². The number of nitriles is 1. The highest BCUT2D eigenvalue weighted by Gasteiger charge is 2.10. The number of aromatic nitrogens is 2. The number of nitrogens with one attached hydrogen (secondary N) is 1. The Kier molecular flexibility index (Phi) is 4.46. The number of hydrogen-bond acceptors (Lipinski definition) is 4. The first-order valence-corrected chi connectivity index (χ1v) is 7.50. The third-order valence-electron chi connectivity index (χ3n) is 3.47. The number of benzene rings is 2. The summed E-state index contributed by atoms with van der Waals surface area (Å²) in [6.45, 7) is -0.267. The average molecular weight is 357 g/mol. The molecule has 0 bridgehead atoms. The van der Waals surface area contributed by atoms with E-state index < -0.39 is 17.3 Å². The minimum atomic E-state index is -0.493. The van der Waals surface area contributed by atoms with Gasteiger partial charge in [0.05, 0.1) is 27.8 Å². The fraction of sp³-hybridized carbons (Fsp3) is 0.0588. The van der Waals surface area contributed by atoms with Gasteiger partial charge in [0.25, 0.3) is 5.56 Å².